The Morgan fingerprint density at radius 2 is 1.70 bits per heavy atom. The standard InChI is InChI=1S/C23H27F5N6O3/c1-13-12-29-21(31-19(13)32(2)3)30-14-5-7-15(8-6-14)33(4)22(36)34(37-20(35)23(26,27)28)16-9-10-17(24)18(25)11-16/h9-12,14-15H,5-8H2,1-4H3,(H,29,30,31). The molecule has 1 aromatic heterocycles. The summed E-state index contributed by atoms with van der Waals surface area (Å²) in [4.78, 5) is 40.6. The summed E-state index contributed by atoms with van der Waals surface area (Å²) in [5.41, 5.74) is 0.341. The van der Waals surface area contributed by atoms with Crippen LogP contribution in [0.5, 0.6) is 0 Å². The average Bonchev–Trinajstić information content (AvgIpc) is 2.84. The van der Waals surface area contributed by atoms with E-state index in [4.69, 9.17) is 0 Å². The van der Waals surface area contributed by atoms with Crippen molar-refractivity contribution in [2.75, 3.05) is 36.4 Å². The Hall–Kier alpha value is -3.71. The lowest BCUT2D eigenvalue weighted by Crippen LogP contribution is -2.50. The van der Waals surface area contributed by atoms with Gasteiger partial charge in [0.2, 0.25) is 5.95 Å². The van der Waals surface area contributed by atoms with E-state index in [0.717, 1.165) is 22.3 Å². The van der Waals surface area contributed by atoms with Crippen molar-refractivity contribution >= 4 is 29.5 Å². The normalized spacial score (nSPS) is 17.6. The molecule has 0 atom stereocenters. The van der Waals surface area contributed by atoms with Gasteiger partial charge in [-0.1, -0.05) is 0 Å². The maximum absolute atomic E-state index is 13.7. The summed E-state index contributed by atoms with van der Waals surface area (Å²) < 4.78 is 65.5. The van der Waals surface area contributed by atoms with Gasteiger partial charge in [0.15, 0.2) is 11.6 Å². The Morgan fingerprint density at radius 3 is 2.27 bits per heavy atom. The largest absolute Gasteiger partial charge is 0.493 e. The van der Waals surface area contributed by atoms with Crippen LogP contribution in [-0.2, 0) is 9.63 Å². The van der Waals surface area contributed by atoms with Crippen LogP contribution in [-0.4, -0.2) is 66.3 Å². The van der Waals surface area contributed by atoms with E-state index in [1.54, 1.807) is 6.20 Å². The van der Waals surface area contributed by atoms with Gasteiger partial charge in [0, 0.05) is 51.1 Å². The summed E-state index contributed by atoms with van der Waals surface area (Å²) >= 11 is 0. The molecule has 1 fully saturated rings. The number of alkyl halides is 3. The summed E-state index contributed by atoms with van der Waals surface area (Å²) in [5.74, 6) is -4.17. The molecular formula is C23H27F5N6O3. The van der Waals surface area contributed by atoms with Crippen LogP contribution in [0.25, 0.3) is 0 Å². The number of halogens is 5. The molecule has 14 heteroatoms. The summed E-state index contributed by atoms with van der Waals surface area (Å²) in [6, 6.07) is 0.338. The van der Waals surface area contributed by atoms with E-state index >= 15 is 0 Å². The van der Waals surface area contributed by atoms with Crippen LogP contribution in [0.3, 0.4) is 0 Å². The molecule has 9 nitrogen and oxygen atoms in total. The van der Waals surface area contributed by atoms with Gasteiger partial charge in [-0.15, -0.1) is 5.06 Å². The van der Waals surface area contributed by atoms with Crippen LogP contribution >= 0.6 is 0 Å². The molecule has 0 bridgehead atoms. The molecule has 0 unspecified atom stereocenters. The van der Waals surface area contributed by atoms with Crippen molar-refractivity contribution in [1.82, 2.24) is 14.9 Å². The van der Waals surface area contributed by atoms with Gasteiger partial charge in [0.05, 0.1) is 5.69 Å². The molecule has 1 aliphatic carbocycles. The topological polar surface area (TPSA) is 90.9 Å². The van der Waals surface area contributed by atoms with Crippen LogP contribution < -0.4 is 15.3 Å². The lowest BCUT2D eigenvalue weighted by molar-refractivity contribution is -0.200. The number of hydrogen-bond acceptors (Lipinski definition) is 7. The second-order valence-electron chi connectivity index (χ2n) is 8.91. The number of amides is 2. The third kappa shape index (κ3) is 6.74. The van der Waals surface area contributed by atoms with E-state index in [0.29, 0.717) is 43.8 Å². The number of aryl methyl sites for hydroxylation is 1. The Morgan fingerprint density at radius 1 is 1.05 bits per heavy atom. The molecule has 0 aliphatic heterocycles. The van der Waals surface area contributed by atoms with E-state index < -0.39 is 41.5 Å². The molecule has 202 valence electrons. The minimum Gasteiger partial charge on any atom is -0.362 e. The van der Waals surface area contributed by atoms with Crippen molar-refractivity contribution in [1.29, 1.82) is 0 Å². The molecule has 0 saturated heterocycles. The quantitative estimate of drug-likeness (QED) is 0.452. The van der Waals surface area contributed by atoms with Gasteiger partial charge in [-0.05, 0) is 44.7 Å². The van der Waals surface area contributed by atoms with E-state index in [-0.39, 0.29) is 11.1 Å². The third-order valence-corrected chi connectivity index (χ3v) is 5.97. The van der Waals surface area contributed by atoms with E-state index in [1.807, 2.05) is 25.9 Å². The van der Waals surface area contributed by atoms with Gasteiger partial charge < -0.3 is 20.0 Å². The van der Waals surface area contributed by atoms with Gasteiger partial charge in [0.1, 0.15) is 5.82 Å². The van der Waals surface area contributed by atoms with Crippen LogP contribution in [0.2, 0.25) is 0 Å². The highest BCUT2D eigenvalue weighted by molar-refractivity contribution is 5.93. The zero-order valence-electron chi connectivity index (χ0n) is 20.6. The number of carbonyl (C=O) groups is 2. The number of hydroxylamine groups is 1. The summed E-state index contributed by atoms with van der Waals surface area (Å²) in [6.45, 7) is 1.90. The second kappa shape index (κ2) is 11.1. The molecule has 1 N–H and O–H groups in total. The second-order valence-corrected chi connectivity index (χ2v) is 8.91. The summed E-state index contributed by atoms with van der Waals surface area (Å²) in [5, 5.41) is 3.28. The van der Waals surface area contributed by atoms with Crippen molar-refractivity contribution in [3.05, 3.63) is 41.6 Å². The maximum atomic E-state index is 13.7. The molecule has 1 aliphatic rings. The smallest absolute Gasteiger partial charge is 0.362 e. The SMILES string of the molecule is Cc1cnc(NC2CCC(N(C)C(=O)N(OC(=O)C(F)(F)F)c3ccc(F)c(F)c3)CC2)nc1N(C)C. The molecule has 0 radical (unpaired) electrons. The lowest BCUT2D eigenvalue weighted by Gasteiger charge is -2.36. The monoisotopic (exact) mass is 530 g/mol. The molecule has 1 saturated carbocycles. The zero-order valence-corrected chi connectivity index (χ0v) is 20.6. The summed E-state index contributed by atoms with van der Waals surface area (Å²) in [6.07, 6.45) is -1.60. The number of aromatic nitrogens is 2. The number of nitrogens with one attached hydrogen (secondary N) is 1. The molecule has 2 amide bonds. The average molecular weight is 530 g/mol. The Kier molecular flexibility index (Phi) is 8.39. The molecule has 37 heavy (non-hydrogen) atoms. The Bertz CT molecular complexity index is 1140. The van der Waals surface area contributed by atoms with Gasteiger partial charge in [0.25, 0.3) is 0 Å². The number of urea groups is 1. The first-order valence-corrected chi connectivity index (χ1v) is 11.4. The highest BCUT2D eigenvalue weighted by atomic mass is 19.4. The zero-order chi connectivity index (χ0) is 27.5. The van der Waals surface area contributed by atoms with Crippen LogP contribution in [0.1, 0.15) is 31.2 Å². The Labute approximate surface area is 210 Å². The molecule has 3 rings (SSSR count). The van der Waals surface area contributed by atoms with Crippen molar-refractivity contribution in [3.8, 4) is 0 Å². The molecule has 0 spiro atoms. The summed E-state index contributed by atoms with van der Waals surface area (Å²) in [7, 11) is 5.07. The fourth-order valence-electron chi connectivity index (χ4n) is 3.99. The number of nitrogens with zero attached hydrogens (tertiary/aromatic N) is 5. The fourth-order valence-corrected chi connectivity index (χ4v) is 3.99. The number of hydrogen-bond donors (Lipinski definition) is 1. The van der Waals surface area contributed by atoms with Crippen molar-refractivity contribution < 1.29 is 36.4 Å². The van der Waals surface area contributed by atoms with E-state index in [1.165, 1.54) is 7.05 Å². The number of carbonyl (C=O) groups excluding carboxylic acids is 2. The molecule has 1 heterocycles. The number of rotatable bonds is 5. The minimum absolute atomic E-state index is 0.0113. The van der Waals surface area contributed by atoms with Crippen molar-refractivity contribution in [2.45, 2.75) is 50.9 Å². The van der Waals surface area contributed by atoms with Gasteiger partial charge >= 0.3 is 18.2 Å². The van der Waals surface area contributed by atoms with E-state index in [9.17, 15) is 31.5 Å². The Balaban J connectivity index is 1.69. The third-order valence-electron chi connectivity index (χ3n) is 5.97. The first-order valence-electron chi connectivity index (χ1n) is 11.4. The first kappa shape index (κ1) is 27.9. The highest BCUT2D eigenvalue weighted by Crippen LogP contribution is 2.28. The van der Waals surface area contributed by atoms with Crippen molar-refractivity contribution in [3.63, 3.8) is 0 Å². The van der Waals surface area contributed by atoms with Crippen LogP contribution in [0, 0.1) is 18.6 Å². The minimum atomic E-state index is -5.41. The predicted octanol–water partition coefficient (Wildman–Crippen LogP) is 4.43. The fraction of sp³-hybridized carbons (Fsp3) is 0.478. The number of anilines is 3. The maximum Gasteiger partial charge on any atom is 0.493 e. The lowest BCUT2D eigenvalue weighted by atomic mass is 9.90. The van der Waals surface area contributed by atoms with Gasteiger partial charge in [-0.3, -0.25) is 0 Å². The highest BCUT2D eigenvalue weighted by Gasteiger charge is 2.44. The number of benzene rings is 1. The van der Waals surface area contributed by atoms with Crippen molar-refractivity contribution in [2.24, 2.45) is 0 Å². The molecule has 1 aromatic carbocycles. The van der Waals surface area contributed by atoms with Gasteiger partial charge in [-0.2, -0.15) is 18.2 Å². The van der Waals surface area contributed by atoms with Gasteiger partial charge in [-0.25, -0.2) is 23.4 Å². The van der Waals surface area contributed by atoms with Crippen LogP contribution in [0.4, 0.5) is 44.2 Å². The van der Waals surface area contributed by atoms with E-state index in [2.05, 4.69) is 20.1 Å². The predicted molar refractivity (Wildman–Crippen MR) is 125 cm³/mol. The first-order chi connectivity index (χ1) is 17.3. The molecular weight excluding hydrogens is 503 g/mol. The van der Waals surface area contributed by atoms with Crippen LogP contribution in [0.15, 0.2) is 24.4 Å². The molecule has 2 aromatic rings.